The topological polar surface area (TPSA) is 98.8 Å². The number of aliphatic carboxylic acids is 1. The van der Waals surface area contributed by atoms with E-state index in [-0.39, 0.29) is 41.6 Å². The van der Waals surface area contributed by atoms with Crippen molar-refractivity contribution in [2.75, 3.05) is 0 Å². The van der Waals surface area contributed by atoms with E-state index in [9.17, 15) is 4.79 Å². The maximum Gasteiger partial charge on any atom is 1.00 e. The molecule has 1 heterocycles. The van der Waals surface area contributed by atoms with Crippen LogP contribution in [0, 0.1) is 5.92 Å². The first-order chi connectivity index (χ1) is 5.68. The summed E-state index contributed by atoms with van der Waals surface area (Å²) in [4.78, 5) is 11.7. The maximum absolute atomic E-state index is 10.5. The van der Waals surface area contributed by atoms with E-state index in [0.717, 1.165) is 10.2 Å². The van der Waals surface area contributed by atoms with Crippen molar-refractivity contribution in [1.29, 1.82) is 0 Å². The van der Waals surface area contributed by atoms with Crippen LogP contribution in [0.1, 0.15) is 17.2 Å². The zero-order chi connectivity index (χ0) is 8.72. The Kier molecular flexibility index (Phi) is 7.83. The van der Waals surface area contributed by atoms with Gasteiger partial charge >= 0.3 is 24.8 Å². The van der Waals surface area contributed by atoms with Crippen molar-refractivity contribution < 1.29 is 39.7 Å². The van der Waals surface area contributed by atoms with E-state index in [1.807, 2.05) is 12.1 Å². The quantitative estimate of drug-likeness (QED) is 0.685. The minimum Gasteiger partial charge on any atom is -0.870 e. The molecule has 1 fully saturated rings. The van der Waals surface area contributed by atoms with E-state index in [1.165, 1.54) is 4.88 Å². The molecule has 0 amide bonds. The average Bonchev–Trinajstić information content (AvgIpc) is 2.70. The Morgan fingerprint density at radius 1 is 1.53 bits per heavy atom. The van der Waals surface area contributed by atoms with Crippen LogP contribution in [0.2, 0.25) is 0 Å². The van der Waals surface area contributed by atoms with Gasteiger partial charge in [0.05, 0.1) is 9.70 Å². The van der Waals surface area contributed by atoms with Gasteiger partial charge in [-0.2, -0.15) is 0 Å². The van der Waals surface area contributed by atoms with E-state index in [1.54, 1.807) is 11.3 Å². The SMILES string of the molecule is O.O=C(O)[C@@H]1C[C@H]1c1ccc(Br)s1.[Li+].[OH-]. The van der Waals surface area contributed by atoms with Gasteiger partial charge in [0.2, 0.25) is 0 Å². The fraction of sp³-hybridized carbons (Fsp3) is 0.375. The Morgan fingerprint density at radius 2 is 2.13 bits per heavy atom. The second kappa shape index (κ2) is 6.69. The monoisotopic (exact) mass is 288 g/mol. The van der Waals surface area contributed by atoms with Crippen LogP contribution in [0.4, 0.5) is 0 Å². The Hall–Kier alpha value is 0.167. The van der Waals surface area contributed by atoms with Crippen LogP contribution in [0.15, 0.2) is 15.9 Å². The van der Waals surface area contributed by atoms with Crippen molar-refractivity contribution in [3.63, 3.8) is 0 Å². The number of carboxylic acids is 1. The first-order valence-electron chi connectivity index (χ1n) is 3.66. The van der Waals surface area contributed by atoms with E-state index in [2.05, 4.69) is 15.9 Å². The summed E-state index contributed by atoms with van der Waals surface area (Å²) in [5.41, 5.74) is 0. The molecule has 2 atom stereocenters. The summed E-state index contributed by atoms with van der Waals surface area (Å²) in [5, 5.41) is 8.68. The molecule has 15 heavy (non-hydrogen) atoms. The third kappa shape index (κ3) is 3.91. The second-order valence-electron chi connectivity index (χ2n) is 2.93. The molecule has 0 bridgehead atoms. The van der Waals surface area contributed by atoms with E-state index in [0.29, 0.717) is 0 Å². The summed E-state index contributed by atoms with van der Waals surface area (Å²) in [6.07, 6.45) is 0.808. The van der Waals surface area contributed by atoms with Gasteiger partial charge in [0.1, 0.15) is 0 Å². The Balaban J connectivity index is 0. The van der Waals surface area contributed by atoms with E-state index >= 15 is 0 Å². The molecule has 1 aromatic rings. The van der Waals surface area contributed by atoms with Crippen molar-refractivity contribution in [3.8, 4) is 0 Å². The number of carbonyl (C=O) groups is 1. The van der Waals surface area contributed by atoms with Gasteiger partial charge in [0.25, 0.3) is 0 Å². The zero-order valence-electron chi connectivity index (χ0n) is 8.11. The maximum atomic E-state index is 10.5. The second-order valence-corrected chi connectivity index (χ2v) is 5.42. The largest absolute Gasteiger partial charge is 1.00 e. The summed E-state index contributed by atoms with van der Waals surface area (Å²) < 4.78 is 1.08. The molecule has 0 aliphatic heterocycles. The smallest absolute Gasteiger partial charge is 0.870 e. The van der Waals surface area contributed by atoms with Gasteiger partial charge in [0.15, 0.2) is 0 Å². The molecule has 1 aliphatic rings. The third-order valence-corrected chi connectivity index (χ3v) is 3.82. The minimum absolute atomic E-state index is 0. The molecule has 2 rings (SSSR count). The van der Waals surface area contributed by atoms with Crippen molar-refractivity contribution in [1.82, 2.24) is 0 Å². The number of thiophene rings is 1. The fourth-order valence-corrected chi connectivity index (χ4v) is 2.91. The van der Waals surface area contributed by atoms with Crippen LogP contribution in [-0.4, -0.2) is 22.0 Å². The van der Waals surface area contributed by atoms with Gasteiger partial charge in [-0.15, -0.1) is 11.3 Å². The van der Waals surface area contributed by atoms with Crippen LogP contribution in [0.3, 0.4) is 0 Å². The van der Waals surface area contributed by atoms with Crippen LogP contribution in [-0.2, 0) is 4.79 Å². The fourth-order valence-electron chi connectivity index (χ4n) is 1.31. The Bertz CT molecular complexity index is 330. The number of halogens is 1. The molecule has 4 N–H and O–H groups in total. The number of hydrogen-bond acceptors (Lipinski definition) is 3. The van der Waals surface area contributed by atoms with Crippen molar-refractivity contribution in [3.05, 3.63) is 20.8 Å². The van der Waals surface area contributed by atoms with Gasteiger partial charge in [-0.05, 0) is 34.5 Å². The van der Waals surface area contributed by atoms with Gasteiger partial charge in [-0.1, -0.05) is 0 Å². The number of hydrogen-bond donors (Lipinski definition) is 1. The molecular weight excluding hydrogens is 279 g/mol. The summed E-state index contributed by atoms with van der Waals surface area (Å²) in [5.74, 6) is -0.515. The summed E-state index contributed by atoms with van der Waals surface area (Å²) in [7, 11) is 0. The predicted molar refractivity (Wildman–Crippen MR) is 56.1 cm³/mol. The predicted octanol–water partition coefficient (Wildman–Crippen LogP) is -1.30. The Labute approximate surface area is 112 Å². The molecule has 80 valence electrons. The third-order valence-electron chi connectivity index (χ3n) is 2.07. The molecule has 0 spiro atoms. The average molecular weight is 289 g/mol. The van der Waals surface area contributed by atoms with Gasteiger partial charge in [0, 0.05) is 10.8 Å². The molecule has 1 aliphatic carbocycles. The molecule has 1 saturated carbocycles. The molecule has 0 unspecified atom stereocenters. The Morgan fingerprint density at radius 3 is 2.47 bits per heavy atom. The molecule has 7 heteroatoms. The van der Waals surface area contributed by atoms with E-state index in [4.69, 9.17) is 5.11 Å². The standard InChI is InChI=1S/C8H7BrO2S.Li.2H2O/c9-7-2-1-6(12-7)4-3-5(4)8(10)11;;;/h1-2,4-5H,3H2,(H,10,11);;2*1H2/q;+1;;/p-1/t4-,5-;;;/m1.../s1. The minimum atomic E-state index is -0.662. The number of rotatable bonds is 2. The van der Waals surface area contributed by atoms with Gasteiger partial charge in [-0.3, -0.25) is 4.79 Å². The van der Waals surface area contributed by atoms with Gasteiger partial charge in [-0.25, -0.2) is 0 Å². The van der Waals surface area contributed by atoms with Crippen molar-refractivity contribution >= 4 is 33.2 Å². The normalized spacial score (nSPS) is 21.7. The summed E-state index contributed by atoms with van der Waals surface area (Å²) in [6.45, 7) is 0. The zero-order valence-corrected chi connectivity index (χ0v) is 10.5. The van der Waals surface area contributed by atoms with Crippen molar-refractivity contribution in [2.45, 2.75) is 12.3 Å². The summed E-state index contributed by atoms with van der Waals surface area (Å²) >= 11 is 4.99. The summed E-state index contributed by atoms with van der Waals surface area (Å²) in [6, 6.07) is 3.97. The van der Waals surface area contributed by atoms with Crippen molar-refractivity contribution in [2.24, 2.45) is 5.92 Å². The van der Waals surface area contributed by atoms with Crippen LogP contribution >= 0.6 is 27.3 Å². The first kappa shape index (κ1) is 17.6. The van der Waals surface area contributed by atoms with Crippen LogP contribution in [0.5, 0.6) is 0 Å². The molecule has 0 aromatic carbocycles. The number of carboxylic acid groups (broad SMARTS) is 1. The van der Waals surface area contributed by atoms with E-state index < -0.39 is 5.97 Å². The van der Waals surface area contributed by atoms with Gasteiger partial charge < -0.3 is 16.1 Å². The molecular formula is C8H10BrLiO4S. The first-order valence-corrected chi connectivity index (χ1v) is 5.27. The molecule has 4 nitrogen and oxygen atoms in total. The molecule has 0 saturated heterocycles. The van der Waals surface area contributed by atoms with Crippen LogP contribution < -0.4 is 18.9 Å². The van der Waals surface area contributed by atoms with Crippen LogP contribution in [0.25, 0.3) is 0 Å². The molecule has 0 radical (unpaired) electrons. The molecule has 1 aromatic heterocycles.